The first-order valence-corrected chi connectivity index (χ1v) is 9.32. The molecule has 4 heterocycles. The van der Waals surface area contributed by atoms with Gasteiger partial charge in [-0.3, -0.25) is 14.5 Å². The first-order chi connectivity index (χ1) is 13.2. The lowest BCUT2D eigenvalue weighted by Crippen LogP contribution is -2.36. The lowest BCUT2D eigenvalue weighted by Gasteiger charge is -2.23. The highest BCUT2D eigenvalue weighted by Crippen LogP contribution is 2.24. The molecule has 140 valence electrons. The van der Waals surface area contributed by atoms with Crippen LogP contribution in [0.1, 0.15) is 42.5 Å². The fourth-order valence-corrected chi connectivity index (χ4v) is 3.47. The largest absolute Gasteiger partial charge is 0.334 e. The second kappa shape index (κ2) is 7.69. The van der Waals surface area contributed by atoms with E-state index in [9.17, 15) is 4.79 Å². The summed E-state index contributed by atoms with van der Waals surface area (Å²) < 4.78 is 7.12. The van der Waals surface area contributed by atoms with E-state index in [0.717, 1.165) is 37.9 Å². The molecule has 0 bridgehead atoms. The van der Waals surface area contributed by atoms with Gasteiger partial charge in [-0.05, 0) is 44.4 Å². The van der Waals surface area contributed by atoms with Crippen LogP contribution in [-0.2, 0) is 13.0 Å². The molecule has 1 atom stereocenters. The van der Waals surface area contributed by atoms with Crippen LogP contribution in [0.15, 0.2) is 41.3 Å². The maximum atomic E-state index is 12.8. The predicted molar refractivity (Wildman–Crippen MR) is 97.8 cm³/mol. The number of amides is 1. The minimum atomic E-state index is 0.00952. The average Bonchev–Trinajstić information content (AvgIpc) is 3.47. The molecule has 3 aromatic rings. The minimum Gasteiger partial charge on any atom is -0.334 e. The first-order valence-electron chi connectivity index (χ1n) is 9.32. The molecule has 0 aliphatic carbocycles. The van der Waals surface area contributed by atoms with E-state index in [-0.39, 0.29) is 11.9 Å². The molecular formula is C19H22N6O2. The Hall–Kier alpha value is -3.03. The van der Waals surface area contributed by atoms with Crippen molar-refractivity contribution in [2.24, 2.45) is 0 Å². The summed E-state index contributed by atoms with van der Waals surface area (Å²) in [5, 5.41) is 8.41. The fourth-order valence-electron chi connectivity index (χ4n) is 3.47. The van der Waals surface area contributed by atoms with E-state index < -0.39 is 0 Å². The fraction of sp³-hybridized carbons (Fsp3) is 0.421. The SMILES string of the molecule is CCn1ccc(C(=O)N2CCCC2CCc2noc(-c3ccncc3)n2)n1. The van der Waals surface area contributed by atoms with Crippen LogP contribution in [0.25, 0.3) is 11.5 Å². The maximum absolute atomic E-state index is 12.8. The van der Waals surface area contributed by atoms with Gasteiger partial charge in [-0.2, -0.15) is 10.1 Å². The predicted octanol–water partition coefficient (Wildman–Crippen LogP) is 2.59. The molecule has 27 heavy (non-hydrogen) atoms. The van der Waals surface area contributed by atoms with Crippen molar-refractivity contribution < 1.29 is 9.32 Å². The Balaban J connectivity index is 1.39. The van der Waals surface area contributed by atoms with Crippen molar-refractivity contribution in [1.82, 2.24) is 29.8 Å². The zero-order chi connectivity index (χ0) is 18.6. The average molecular weight is 366 g/mol. The molecular weight excluding hydrogens is 344 g/mol. The molecule has 0 saturated carbocycles. The summed E-state index contributed by atoms with van der Waals surface area (Å²) in [6.45, 7) is 3.54. The number of aryl methyl sites for hydroxylation is 2. The Morgan fingerprint density at radius 3 is 2.93 bits per heavy atom. The summed E-state index contributed by atoms with van der Waals surface area (Å²) in [5.74, 6) is 1.17. The third kappa shape index (κ3) is 3.74. The molecule has 8 heteroatoms. The summed E-state index contributed by atoms with van der Waals surface area (Å²) in [5.41, 5.74) is 1.37. The Morgan fingerprint density at radius 2 is 2.15 bits per heavy atom. The van der Waals surface area contributed by atoms with Crippen LogP contribution in [0.3, 0.4) is 0 Å². The van der Waals surface area contributed by atoms with Crippen molar-refractivity contribution in [3.8, 4) is 11.5 Å². The van der Waals surface area contributed by atoms with Gasteiger partial charge >= 0.3 is 0 Å². The normalized spacial score (nSPS) is 16.8. The Bertz CT molecular complexity index is 904. The lowest BCUT2D eigenvalue weighted by molar-refractivity contribution is 0.0723. The van der Waals surface area contributed by atoms with Gasteiger partial charge in [-0.1, -0.05) is 5.16 Å². The number of pyridine rings is 1. The standard InChI is InChI=1S/C19H22N6O2/c1-2-24-13-9-16(22-24)19(26)25-12-3-4-15(25)5-6-17-21-18(27-23-17)14-7-10-20-11-8-14/h7-11,13,15H,2-6,12H2,1H3. The van der Waals surface area contributed by atoms with Crippen LogP contribution in [0.2, 0.25) is 0 Å². The number of rotatable bonds is 6. The van der Waals surface area contributed by atoms with Crippen LogP contribution in [0, 0.1) is 0 Å². The topological polar surface area (TPSA) is 89.9 Å². The summed E-state index contributed by atoms with van der Waals surface area (Å²) in [6.07, 6.45) is 8.73. The van der Waals surface area contributed by atoms with Gasteiger partial charge in [0.15, 0.2) is 5.82 Å². The van der Waals surface area contributed by atoms with E-state index in [0.29, 0.717) is 23.8 Å². The van der Waals surface area contributed by atoms with E-state index in [1.54, 1.807) is 23.1 Å². The van der Waals surface area contributed by atoms with Gasteiger partial charge < -0.3 is 9.42 Å². The molecule has 1 amide bonds. The van der Waals surface area contributed by atoms with Gasteiger partial charge in [0, 0.05) is 49.7 Å². The zero-order valence-corrected chi connectivity index (χ0v) is 15.3. The second-order valence-electron chi connectivity index (χ2n) is 6.64. The molecule has 8 nitrogen and oxygen atoms in total. The van der Waals surface area contributed by atoms with E-state index in [2.05, 4.69) is 20.2 Å². The number of hydrogen-bond donors (Lipinski definition) is 0. The highest BCUT2D eigenvalue weighted by atomic mass is 16.5. The summed E-state index contributed by atoms with van der Waals surface area (Å²) >= 11 is 0. The first kappa shape index (κ1) is 17.4. The third-order valence-electron chi connectivity index (χ3n) is 4.92. The number of nitrogens with zero attached hydrogens (tertiary/aromatic N) is 6. The molecule has 1 fully saturated rings. The maximum Gasteiger partial charge on any atom is 0.274 e. The highest BCUT2D eigenvalue weighted by Gasteiger charge is 2.30. The van der Waals surface area contributed by atoms with Crippen molar-refractivity contribution >= 4 is 5.91 Å². The third-order valence-corrected chi connectivity index (χ3v) is 4.92. The van der Waals surface area contributed by atoms with E-state index in [1.807, 2.05) is 30.2 Å². The molecule has 3 aromatic heterocycles. The van der Waals surface area contributed by atoms with Crippen LogP contribution in [-0.4, -0.2) is 48.3 Å². The van der Waals surface area contributed by atoms with Crippen LogP contribution < -0.4 is 0 Å². The van der Waals surface area contributed by atoms with Crippen molar-refractivity contribution in [3.05, 3.63) is 48.3 Å². The molecule has 1 aliphatic heterocycles. The number of likely N-dealkylation sites (tertiary alicyclic amines) is 1. The van der Waals surface area contributed by atoms with Gasteiger partial charge in [0.2, 0.25) is 0 Å². The van der Waals surface area contributed by atoms with E-state index in [4.69, 9.17) is 4.52 Å². The molecule has 0 N–H and O–H groups in total. The number of carbonyl (C=O) groups excluding carboxylic acids is 1. The molecule has 1 unspecified atom stereocenters. The zero-order valence-electron chi connectivity index (χ0n) is 15.3. The van der Waals surface area contributed by atoms with Crippen LogP contribution >= 0.6 is 0 Å². The molecule has 1 aliphatic rings. The Labute approximate surface area is 157 Å². The summed E-state index contributed by atoms with van der Waals surface area (Å²) in [7, 11) is 0. The highest BCUT2D eigenvalue weighted by molar-refractivity contribution is 5.92. The summed E-state index contributed by atoms with van der Waals surface area (Å²) in [4.78, 5) is 23.2. The van der Waals surface area contributed by atoms with Crippen LogP contribution in [0.4, 0.5) is 0 Å². The van der Waals surface area contributed by atoms with Gasteiger partial charge in [-0.25, -0.2) is 0 Å². The lowest BCUT2D eigenvalue weighted by atomic mass is 10.1. The van der Waals surface area contributed by atoms with Crippen molar-refractivity contribution in [1.29, 1.82) is 0 Å². The van der Waals surface area contributed by atoms with Gasteiger partial charge in [0.05, 0.1) is 0 Å². The molecule has 0 spiro atoms. The van der Waals surface area contributed by atoms with Gasteiger partial charge in [-0.15, -0.1) is 0 Å². The van der Waals surface area contributed by atoms with Crippen molar-refractivity contribution in [2.45, 2.75) is 45.2 Å². The smallest absolute Gasteiger partial charge is 0.274 e. The quantitative estimate of drug-likeness (QED) is 0.666. The van der Waals surface area contributed by atoms with E-state index >= 15 is 0 Å². The molecule has 0 radical (unpaired) electrons. The van der Waals surface area contributed by atoms with Gasteiger partial charge in [0.1, 0.15) is 5.69 Å². The van der Waals surface area contributed by atoms with Crippen LogP contribution in [0.5, 0.6) is 0 Å². The summed E-state index contributed by atoms with van der Waals surface area (Å²) in [6, 6.07) is 5.66. The number of carbonyl (C=O) groups is 1. The Morgan fingerprint density at radius 1 is 1.30 bits per heavy atom. The van der Waals surface area contributed by atoms with Crippen molar-refractivity contribution in [2.75, 3.05) is 6.54 Å². The Kier molecular flexibility index (Phi) is 4.95. The minimum absolute atomic E-state index is 0.00952. The van der Waals surface area contributed by atoms with Gasteiger partial charge in [0.25, 0.3) is 11.8 Å². The molecule has 1 saturated heterocycles. The molecule has 4 rings (SSSR count). The van der Waals surface area contributed by atoms with E-state index in [1.165, 1.54) is 0 Å². The van der Waals surface area contributed by atoms with Crippen molar-refractivity contribution in [3.63, 3.8) is 0 Å². The molecule has 0 aromatic carbocycles. The number of aromatic nitrogens is 5. The monoisotopic (exact) mass is 366 g/mol. The second-order valence-corrected chi connectivity index (χ2v) is 6.64. The number of hydrogen-bond acceptors (Lipinski definition) is 6.